The van der Waals surface area contributed by atoms with Gasteiger partial charge in [0.1, 0.15) is 0 Å². The number of hydrogen-bond acceptors (Lipinski definition) is 1. The van der Waals surface area contributed by atoms with Crippen LogP contribution in [-0.2, 0) is 0 Å². The summed E-state index contributed by atoms with van der Waals surface area (Å²) in [4.78, 5) is 0. The van der Waals surface area contributed by atoms with Crippen molar-refractivity contribution in [1.82, 2.24) is 5.32 Å². The molecular formula is C18H35N. The largest absolute Gasteiger partial charge is 0.311 e. The minimum Gasteiger partial charge on any atom is -0.311 e. The van der Waals surface area contributed by atoms with E-state index in [2.05, 4.69) is 33.0 Å². The topological polar surface area (TPSA) is 12.0 Å². The first-order chi connectivity index (χ1) is 9.01. The number of rotatable bonds is 4. The zero-order valence-corrected chi connectivity index (χ0v) is 13.7. The molecular weight excluding hydrogens is 230 g/mol. The van der Waals surface area contributed by atoms with Gasteiger partial charge in [0.15, 0.2) is 0 Å². The highest BCUT2D eigenvalue weighted by Gasteiger charge is 2.32. The summed E-state index contributed by atoms with van der Waals surface area (Å²) in [5.74, 6) is 1.91. The Morgan fingerprint density at radius 3 is 2.21 bits per heavy atom. The fraction of sp³-hybridized carbons (Fsp3) is 1.00. The van der Waals surface area contributed by atoms with Crippen LogP contribution in [0.3, 0.4) is 0 Å². The third-order valence-electron chi connectivity index (χ3n) is 6.15. The predicted molar refractivity (Wildman–Crippen MR) is 84.4 cm³/mol. The molecule has 1 nitrogen and oxygen atoms in total. The van der Waals surface area contributed by atoms with E-state index in [4.69, 9.17) is 0 Å². The van der Waals surface area contributed by atoms with Gasteiger partial charge in [0.2, 0.25) is 0 Å². The summed E-state index contributed by atoms with van der Waals surface area (Å²) in [5, 5.41) is 3.98. The van der Waals surface area contributed by atoms with E-state index in [0.717, 1.165) is 23.9 Å². The first-order valence-corrected chi connectivity index (χ1v) is 8.77. The molecule has 0 aliphatic heterocycles. The van der Waals surface area contributed by atoms with Crippen LogP contribution in [0.5, 0.6) is 0 Å². The third-order valence-corrected chi connectivity index (χ3v) is 6.15. The zero-order chi connectivity index (χ0) is 13.9. The van der Waals surface area contributed by atoms with E-state index in [1.165, 1.54) is 57.8 Å². The van der Waals surface area contributed by atoms with E-state index < -0.39 is 0 Å². The lowest BCUT2D eigenvalue weighted by atomic mass is 9.69. The quantitative estimate of drug-likeness (QED) is 0.741. The maximum absolute atomic E-state index is 3.98. The van der Waals surface area contributed by atoms with Crippen LogP contribution in [0.15, 0.2) is 0 Å². The van der Waals surface area contributed by atoms with Crippen molar-refractivity contribution in [2.24, 2.45) is 17.3 Å². The van der Waals surface area contributed by atoms with Crippen molar-refractivity contribution < 1.29 is 0 Å². The van der Waals surface area contributed by atoms with Crippen molar-refractivity contribution in [3.63, 3.8) is 0 Å². The molecule has 0 heterocycles. The second kappa shape index (κ2) is 6.61. The van der Waals surface area contributed by atoms with Crippen molar-refractivity contribution in [3.05, 3.63) is 0 Å². The van der Waals surface area contributed by atoms with Gasteiger partial charge in [0.25, 0.3) is 0 Å². The zero-order valence-electron chi connectivity index (χ0n) is 13.7. The SMILES string of the molecule is CCC(C)(C)C1CCC(NC2CCCC(C)C2)CC1. The molecule has 2 rings (SSSR count). The second-order valence-electron chi connectivity index (χ2n) is 8.03. The number of nitrogens with one attached hydrogen (secondary N) is 1. The van der Waals surface area contributed by atoms with E-state index in [-0.39, 0.29) is 0 Å². The molecule has 0 spiro atoms. The van der Waals surface area contributed by atoms with E-state index in [1.807, 2.05) is 0 Å². The highest BCUT2D eigenvalue weighted by Crippen LogP contribution is 2.40. The fourth-order valence-electron chi connectivity index (χ4n) is 4.25. The van der Waals surface area contributed by atoms with E-state index in [9.17, 15) is 0 Å². The molecule has 0 aromatic rings. The summed E-state index contributed by atoms with van der Waals surface area (Å²) in [6.07, 6.45) is 12.8. The van der Waals surface area contributed by atoms with Gasteiger partial charge < -0.3 is 5.32 Å². The van der Waals surface area contributed by atoms with Gasteiger partial charge in [-0.1, -0.05) is 47.0 Å². The molecule has 0 aromatic carbocycles. The van der Waals surface area contributed by atoms with Gasteiger partial charge in [-0.3, -0.25) is 0 Å². The standard InChI is InChI=1S/C18H35N/c1-5-18(3,4)15-9-11-16(12-10-15)19-17-8-6-7-14(2)13-17/h14-17,19H,5-13H2,1-4H3. The van der Waals surface area contributed by atoms with Crippen LogP contribution in [0.4, 0.5) is 0 Å². The lowest BCUT2D eigenvalue weighted by Gasteiger charge is -2.40. The maximum Gasteiger partial charge on any atom is 0.00721 e. The maximum atomic E-state index is 3.98. The molecule has 2 atom stereocenters. The van der Waals surface area contributed by atoms with Crippen LogP contribution < -0.4 is 5.32 Å². The van der Waals surface area contributed by atoms with Crippen LogP contribution in [0.1, 0.15) is 85.5 Å². The van der Waals surface area contributed by atoms with Gasteiger partial charge in [-0.05, 0) is 55.8 Å². The average molecular weight is 265 g/mol. The predicted octanol–water partition coefficient (Wildman–Crippen LogP) is 5.15. The highest BCUT2D eigenvalue weighted by atomic mass is 15.0. The van der Waals surface area contributed by atoms with Gasteiger partial charge in [-0.25, -0.2) is 0 Å². The van der Waals surface area contributed by atoms with Crippen molar-refractivity contribution >= 4 is 0 Å². The van der Waals surface area contributed by atoms with Crippen molar-refractivity contribution in [2.45, 2.75) is 97.6 Å². The summed E-state index contributed by atoms with van der Waals surface area (Å²) in [5.41, 5.74) is 0.560. The molecule has 0 amide bonds. The molecule has 2 unspecified atom stereocenters. The monoisotopic (exact) mass is 265 g/mol. The summed E-state index contributed by atoms with van der Waals surface area (Å²) < 4.78 is 0. The number of hydrogen-bond donors (Lipinski definition) is 1. The van der Waals surface area contributed by atoms with E-state index >= 15 is 0 Å². The van der Waals surface area contributed by atoms with E-state index in [1.54, 1.807) is 0 Å². The van der Waals surface area contributed by atoms with Crippen molar-refractivity contribution in [3.8, 4) is 0 Å². The highest BCUT2D eigenvalue weighted by molar-refractivity contribution is 4.87. The Morgan fingerprint density at radius 1 is 0.947 bits per heavy atom. The molecule has 0 bridgehead atoms. The normalized spacial score (nSPS) is 37.3. The fourth-order valence-corrected chi connectivity index (χ4v) is 4.25. The van der Waals surface area contributed by atoms with E-state index in [0.29, 0.717) is 5.41 Å². The lowest BCUT2D eigenvalue weighted by Crippen LogP contribution is -2.43. The van der Waals surface area contributed by atoms with Crippen molar-refractivity contribution in [2.75, 3.05) is 0 Å². The van der Waals surface area contributed by atoms with Gasteiger partial charge >= 0.3 is 0 Å². The Kier molecular flexibility index (Phi) is 5.34. The summed E-state index contributed by atoms with van der Waals surface area (Å²) in [6.45, 7) is 9.71. The van der Waals surface area contributed by atoms with Crippen LogP contribution >= 0.6 is 0 Å². The van der Waals surface area contributed by atoms with Gasteiger partial charge in [0, 0.05) is 12.1 Å². The summed E-state index contributed by atoms with van der Waals surface area (Å²) in [7, 11) is 0. The molecule has 1 N–H and O–H groups in total. The third kappa shape index (κ3) is 4.21. The minimum absolute atomic E-state index is 0.560. The van der Waals surface area contributed by atoms with Crippen LogP contribution in [0, 0.1) is 17.3 Å². The molecule has 2 aliphatic rings. The van der Waals surface area contributed by atoms with Crippen LogP contribution in [-0.4, -0.2) is 12.1 Å². The molecule has 19 heavy (non-hydrogen) atoms. The Hall–Kier alpha value is -0.0400. The molecule has 0 aromatic heterocycles. The smallest absolute Gasteiger partial charge is 0.00721 e. The Balaban J connectivity index is 1.74. The van der Waals surface area contributed by atoms with Crippen LogP contribution in [0.25, 0.3) is 0 Å². The van der Waals surface area contributed by atoms with Gasteiger partial charge in [-0.2, -0.15) is 0 Å². The first-order valence-electron chi connectivity index (χ1n) is 8.77. The molecule has 112 valence electrons. The Morgan fingerprint density at radius 2 is 1.63 bits per heavy atom. The lowest BCUT2D eigenvalue weighted by molar-refractivity contribution is 0.129. The molecule has 1 heteroatoms. The first kappa shape index (κ1) is 15.4. The van der Waals surface area contributed by atoms with Crippen molar-refractivity contribution in [1.29, 1.82) is 0 Å². The van der Waals surface area contributed by atoms with Gasteiger partial charge in [0.05, 0.1) is 0 Å². The minimum atomic E-state index is 0.560. The average Bonchev–Trinajstić information content (AvgIpc) is 2.39. The second-order valence-corrected chi connectivity index (χ2v) is 8.03. The molecule has 2 saturated carbocycles. The molecule has 2 aliphatic carbocycles. The van der Waals surface area contributed by atoms with Crippen LogP contribution in [0.2, 0.25) is 0 Å². The summed E-state index contributed by atoms with van der Waals surface area (Å²) in [6, 6.07) is 1.64. The molecule has 0 radical (unpaired) electrons. The van der Waals surface area contributed by atoms with Gasteiger partial charge in [-0.15, -0.1) is 0 Å². The Labute approximate surface area is 120 Å². The summed E-state index contributed by atoms with van der Waals surface area (Å²) >= 11 is 0. The molecule has 0 saturated heterocycles. The Bertz CT molecular complexity index is 263. The molecule has 2 fully saturated rings.